The van der Waals surface area contributed by atoms with Gasteiger partial charge in [-0.3, -0.25) is 0 Å². The van der Waals surface area contributed by atoms with Crippen LogP contribution in [0.25, 0.3) is 0 Å². The molecule has 2 saturated carbocycles. The van der Waals surface area contributed by atoms with Crippen LogP contribution in [0.1, 0.15) is 32.1 Å². The van der Waals surface area contributed by atoms with Crippen molar-refractivity contribution < 1.29 is 13.2 Å². The van der Waals surface area contributed by atoms with E-state index in [4.69, 9.17) is 4.74 Å². The number of ether oxygens (including phenoxy) is 1. The van der Waals surface area contributed by atoms with Crippen LogP contribution in [-0.4, -0.2) is 42.7 Å². The van der Waals surface area contributed by atoms with E-state index in [1.165, 1.54) is 6.42 Å². The number of rotatable bonds is 5. The average molecular weight is 322 g/mol. The van der Waals surface area contributed by atoms with E-state index >= 15 is 0 Å². The Morgan fingerprint density at radius 2 is 2.18 bits per heavy atom. The first-order valence-electron chi connectivity index (χ1n) is 8.13. The molecule has 0 amide bonds. The zero-order valence-electron chi connectivity index (χ0n) is 12.6. The molecule has 2 heterocycles. The van der Waals surface area contributed by atoms with Crippen LogP contribution in [0, 0.1) is 11.3 Å². The zero-order chi connectivity index (χ0) is 15.2. The number of fused-ring (bicyclic) bond motifs is 1. The van der Waals surface area contributed by atoms with Crippen LogP contribution in [0.4, 0.5) is 0 Å². The molecule has 2 aliphatic carbocycles. The normalized spacial score (nSPS) is 32.1. The molecule has 22 heavy (non-hydrogen) atoms. The Kier molecular flexibility index (Phi) is 3.42. The van der Waals surface area contributed by atoms with Gasteiger partial charge in [-0.15, -0.1) is 0 Å². The molecule has 0 bridgehead atoms. The second-order valence-electron chi connectivity index (χ2n) is 6.94. The molecule has 5 nitrogen and oxygen atoms in total. The van der Waals surface area contributed by atoms with Gasteiger partial charge in [0.05, 0.1) is 11.9 Å². The third-order valence-electron chi connectivity index (χ3n) is 5.46. The van der Waals surface area contributed by atoms with Crippen LogP contribution < -0.4 is 4.74 Å². The molecule has 1 aromatic heterocycles. The Morgan fingerprint density at radius 3 is 2.91 bits per heavy atom. The van der Waals surface area contributed by atoms with Gasteiger partial charge in [0.25, 0.3) is 0 Å². The molecule has 1 aliphatic heterocycles. The molecule has 2 atom stereocenters. The van der Waals surface area contributed by atoms with Crippen LogP contribution >= 0.6 is 0 Å². The maximum atomic E-state index is 12.5. The lowest BCUT2D eigenvalue weighted by Crippen LogP contribution is -2.37. The summed E-state index contributed by atoms with van der Waals surface area (Å²) >= 11 is 0. The van der Waals surface area contributed by atoms with Crippen molar-refractivity contribution >= 4 is 10.0 Å². The largest absolute Gasteiger partial charge is 0.477 e. The number of sulfonamides is 1. The predicted molar refractivity (Wildman–Crippen MR) is 83.0 cm³/mol. The fourth-order valence-corrected chi connectivity index (χ4v) is 6.00. The average Bonchev–Trinajstić information content (AvgIpc) is 3.21. The minimum absolute atomic E-state index is 0.0144. The second kappa shape index (κ2) is 5.20. The molecule has 0 aromatic carbocycles. The van der Waals surface area contributed by atoms with Gasteiger partial charge in [-0.2, -0.15) is 0 Å². The van der Waals surface area contributed by atoms with Gasteiger partial charge in [0.2, 0.25) is 15.9 Å². The van der Waals surface area contributed by atoms with Gasteiger partial charge in [0.15, 0.2) is 0 Å². The summed E-state index contributed by atoms with van der Waals surface area (Å²) in [5.74, 6) is 1.07. The maximum Gasteiger partial charge on any atom is 0.217 e. The molecule has 6 heteroatoms. The summed E-state index contributed by atoms with van der Waals surface area (Å²) in [4.78, 5) is 4.20. The van der Waals surface area contributed by atoms with Gasteiger partial charge >= 0.3 is 0 Å². The highest BCUT2D eigenvalue weighted by Crippen LogP contribution is 2.50. The number of hydrogen-bond donors (Lipinski definition) is 0. The smallest absolute Gasteiger partial charge is 0.217 e. The molecule has 0 spiro atoms. The fourth-order valence-electron chi connectivity index (χ4n) is 4.02. The van der Waals surface area contributed by atoms with Crippen LogP contribution in [-0.2, 0) is 10.0 Å². The third-order valence-corrected chi connectivity index (χ3v) is 7.77. The molecule has 4 rings (SSSR count). The zero-order valence-corrected chi connectivity index (χ0v) is 13.5. The molecule has 120 valence electrons. The van der Waals surface area contributed by atoms with Crippen molar-refractivity contribution in [2.75, 3.05) is 19.7 Å². The predicted octanol–water partition coefficient (Wildman–Crippen LogP) is 2.05. The second-order valence-corrected chi connectivity index (χ2v) is 9.16. The van der Waals surface area contributed by atoms with Gasteiger partial charge in [-0.05, 0) is 37.7 Å². The van der Waals surface area contributed by atoms with Crippen molar-refractivity contribution in [3.05, 3.63) is 24.4 Å². The number of hydrogen-bond acceptors (Lipinski definition) is 4. The van der Waals surface area contributed by atoms with Crippen molar-refractivity contribution in [3.63, 3.8) is 0 Å². The Morgan fingerprint density at radius 1 is 1.32 bits per heavy atom. The van der Waals surface area contributed by atoms with Gasteiger partial charge in [0, 0.05) is 30.8 Å². The van der Waals surface area contributed by atoms with E-state index in [0.717, 1.165) is 25.7 Å². The molecule has 3 fully saturated rings. The summed E-state index contributed by atoms with van der Waals surface area (Å²) in [5, 5.41) is -0.111. The number of aromatic nitrogens is 1. The Bertz CT molecular complexity index is 645. The molecule has 0 N–H and O–H groups in total. The highest BCUT2D eigenvalue weighted by Gasteiger charge is 2.54. The summed E-state index contributed by atoms with van der Waals surface area (Å²) < 4.78 is 32.7. The summed E-state index contributed by atoms with van der Waals surface area (Å²) in [6, 6.07) is 5.63. The van der Waals surface area contributed by atoms with E-state index in [1.807, 2.05) is 18.2 Å². The number of nitrogens with zero attached hydrogens (tertiary/aromatic N) is 2. The Balaban J connectivity index is 1.49. The van der Waals surface area contributed by atoms with Crippen molar-refractivity contribution in [1.29, 1.82) is 0 Å². The van der Waals surface area contributed by atoms with Crippen molar-refractivity contribution in [2.24, 2.45) is 11.3 Å². The molecule has 0 unspecified atom stereocenters. The molecule has 3 aliphatic rings. The molecular formula is C16H22N2O3S. The lowest BCUT2D eigenvalue weighted by Gasteiger charge is -2.28. The van der Waals surface area contributed by atoms with Crippen molar-refractivity contribution in [2.45, 2.75) is 37.4 Å². The van der Waals surface area contributed by atoms with Crippen LogP contribution in [0.2, 0.25) is 0 Å². The van der Waals surface area contributed by atoms with E-state index in [2.05, 4.69) is 4.98 Å². The van der Waals surface area contributed by atoms with Crippen molar-refractivity contribution in [3.8, 4) is 5.88 Å². The first-order valence-corrected chi connectivity index (χ1v) is 9.63. The topological polar surface area (TPSA) is 59.5 Å². The van der Waals surface area contributed by atoms with E-state index < -0.39 is 10.0 Å². The molecule has 0 radical (unpaired) electrons. The van der Waals surface area contributed by atoms with E-state index in [0.29, 0.717) is 31.5 Å². The van der Waals surface area contributed by atoms with E-state index in [-0.39, 0.29) is 10.7 Å². The Labute approximate surface area is 131 Å². The standard InChI is InChI=1S/C16H22N2O3S/c19-22(20,14-6-7-14)18-10-13-4-3-8-16(13,11-18)12-21-15-5-1-2-9-17-15/h1-2,5,9,13-14H,3-4,6-8,10-12H2/t13-,16+/m0/s1. The summed E-state index contributed by atoms with van der Waals surface area (Å²) in [6.07, 6.45) is 6.73. The lowest BCUT2D eigenvalue weighted by molar-refractivity contribution is 0.130. The monoisotopic (exact) mass is 322 g/mol. The summed E-state index contributed by atoms with van der Waals surface area (Å²) in [5.41, 5.74) is -0.0144. The van der Waals surface area contributed by atoms with Crippen LogP contribution in [0.3, 0.4) is 0 Å². The minimum atomic E-state index is -3.07. The van der Waals surface area contributed by atoms with Gasteiger partial charge < -0.3 is 4.74 Å². The van der Waals surface area contributed by atoms with Gasteiger partial charge in [-0.1, -0.05) is 12.5 Å². The number of pyridine rings is 1. The quantitative estimate of drug-likeness (QED) is 0.832. The van der Waals surface area contributed by atoms with E-state index in [9.17, 15) is 8.42 Å². The molecular weight excluding hydrogens is 300 g/mol. The SMILES string of the molecule is O=S(=O)(C1CC1)N1C[C@@H]2CCC[C@]2(COc2ccccn2)C1. The first kappa shape index (κ1) is 14.5. The minimum Gasteiger partial charge on any atom is -0.477 e. The molecule has 1 aromatic rings. The lowest BCUT2D eigenvalue weighted by atomic mass is 9.82. The van der Waals surface area contributed by atoms with E-state index in [1.54, 1.807) is 10.5 Å². The first-order chi connectivity index (χ1) is 10.6. The fraction of sp³-hybridized carbons (Fsp3) is 0.688. The molecule has 1 saturated heterocycles. The maximum absolute atomic E-state index is 12.5. The highest BCUT2D eigenvalue weighted by atomic mass is 32.2. The Hall–Kier alpha value is -1.14. The van der Waals surface area contributed by atoms with Crippen molar-refractivity contribution in [1.82, 2.24) is 9.29 Å². The highest BCUT2D eigenvalue weighted by molar-refractivity contribution is 7.90. The third kappa shape index (κ3) is 2.42. The summed E-state index contributed by atoms with van der Waals surface area (Å²) in [7, 11) is -3.07. The van der Waals surface area contributed by atoms with Gasteiger partial charge in [0.1, 0.15) is 0 Å². The van der Waals surface area contributed by atoms with Crippen LogP contribution in [0.5, 0.6) is 5.88 Å². The van der Waals surface area contributed by atoms with Gasteiger partial charge in [-0.25, -0.2) is 17.7 Å². The summed E-state index contributed by atoms with van der Waals surface area (Å²) in [6.45, 7) is 1.89. The van der Waals surface area contributed by atoms with Crippen LogP contribution in [0.15, 0.2) is 24.4 Å².